The second-order valence-electron chi connectivity index (χ2n) is 9.23. The van der Waals surface area contributed by atoms with Crippen LogP contribution in [0.2, 0.25) is 0 Å². The molecular weight excluding hydrogens is 357 g/mol. The van der Waals surface area contributed by atoms with Crippen molar-refractivity contribution in [3.63, 3.8) is 0 Å². The molecule has 0 saturated heterocycles. The number of carbonyl (C=O) groups is 4. The fraction of sp³-hybridized carbons (Fsp3) is 0.778. The van der Waals surface area contributed by atoms with Crippen LogP contribution < -0.4 is 16.4 Å². The van der Waals surface area contributed by atoms with Gasteiger partial charge in [0.05, 0.1) is 0 Å². The molecule has 9 heteroatoms. The van der Waals surface area contributed by atoms with E-state index >= 15 is 0 Å². The fourth-order valence-corrected chi connectivity index (χ4v) is 2.87. The van der Waals surface area contributed by atoms with Crippen LogP contribution in [0.15, 0.2) is 0 Å². The van der Waals surface area contributed by atoms with Crippen LogP contribution in [-0.2, 0) is 19.1 Å². The van der Waals surface area contributed by atoms with Gasteiger partial charge in [-0.2, -0.15) is 0 Å². The maximum absolute atomic E-state index is 13.4. The third-order valence-corrected chi connectivity index (χ3v) is 3.98. The van der Waals surface area contributed by atoms with Crippen LogP contribution in [0.1, 0.15) is 60.8 Å². The summed E-state index contributed by atoms with van der Waals surface area (Å²) in [7, 11) is 0. The van der Waals surface area contributed by atoms with Crippen LogP contribution in [0.25, 0.3) is 0 Å². The number of alkyl halides is 1. The first kappa shape index (κ1) is 22.9. The molecular formula is C18H30FN3O5. The number of halogens is 1. The molecule has 0 spiro atoms. The Morgan fingerprint density at radius 2 is 1.67 bits per heavy atom. The Morgan fingerprint density at radius 3 is 2.04 bits per heavy atom. The Morgan fingerprint density at radius 1 is 1.15 bits per heavy atom. The van der Waals surface area contributed by atoms with Gasteiger partial charge in [-0.25, -0.2) is 9.18 Å². The quantitative estimate of drug-likeness (QED) is 0.593. The number of nitrogens with one attached hydrogen (secondary N) is 2. The van der Waals surface area contributed by atoms with E-state index in [0.717, 1.165) is 0 Å². The highest BCUT2D eigenvalue weighted by Gasteiger charge is 2.54. The van der Waals surface area contributed by atoms with Gasteiger partial charge in [0.15, 0.2) is 0 Å². The van der Waals surface area contributed by atoms with Crippen LogP contribution in [0.4, 0.5) is 9.18 Å². The van der Waals surface area contributed by atoms with E-state index < -0.39 is 47.0 Å². The van der Waals surface area contributed by atoms with Gasteiger partial charge in [-0.05, 0) is 32.6 Å². The van der Waals surface area contributed by atoms with Gasteiger partial charge in [-0.3, -0.25) is 14.4 Å². The summed E-state index contributed by atoms with van der Waals surface area (Å²) in [5.74, 6) is -2.98. The fourth-order valence-electron chi connectivity index (χ4n) is 2.87. The summed E-state index contributed by atoms with van der Waals surface area (Å²) in [4.78, 5) is 48.2. The highest BCUT2D eigenvalue weighted by molar-refractivity contribution is 6.39. The van der Waals surface area contributed by atoms with Crippen molar-refractivity contribution in [3.8, 4) is 0 Å². The average molecular weight is 387 g/mol. The number of ketones is 1. The molecule has 0 radical (unpaired) electrons. The molecule has 4 N–H and O–H groups in total. The molecule has 0 aromatic heterocycles. The van der Waals surface area contributed by atoms with Crippen molar-refractivity contribution in [1.82, 2.24) is 10.6 Å². The maximum Gasteiger partial charge on any atom is 0.408 e. The van der Waals surface area contributed by atoms with Crippen LogP contribution >= 0.6 is 0 Å². The van der Waals surface area contributed by atoms with Crippen molar-refractivity contribution in [2.75, 3.05) is 0 Å². The standard InChI is InChI=1S/C18H30FN3O5/c1-16(2,3)9-11(21-15(26)27-17(4,5)6)14(25)22-18(7-10(19)8-18)12(23)13(20)24/h10-11H,7-9H2,1-6H3,(H2,20,24)(H,21,26)(H,22,25). The predicted molar refractivity (Wildman–Crippen MR) is 96.4 cm³/mol. The van der Waals surface area contributed by atoms with Crippen LogP contribution in [0.3, 0.4) is 0 Å². The van der Waals surface area contributed by atoms with E-state index in [4.69, 9.17) is 10.5 Å². The number of carbonyl (C=O) groups excluding carboxylic acids is 4. The van der Waals surface area contributed by atoms with Crippen LogP contribution in [0, 0.1) is 5.41 Å². The smallest absolute Gasteiger partial charge is 0.408 e. The number of rotatable bonds is 6. The van der Waals surface area contributed by atoms with Gasteiger partial charge >= 0.3 is 6.09 Å². The Bertz CT molecular complexity index is 615. The minimum atomic E-state index is -1.66. The molecule has 0 bridgehead atoms. The van der Waals surface area contributed by atoms with E-state index in [0.29, 0.717) is 0 Å². The molecule has 0 heterocycles. The first-order chi connectivity index (χ1) is 12.0. The number of Topliss-reactive ketones (excluding diaryl/α,β-unsaturated/α-hetero) is 1. The van der Waals surface area contributed by atoms with Crippen LogP contribution in [-0.4, -0.2) is 47.0 Å². The van der Waals surface area contributed by atoms with Gasteiger partial charge in [-0.1, -0.05) is 20.8 Å². The lowest BCUT2D eigenvalue weighted by atomic mass is 9.71. The second-order valence-corrected chi connectivity index (χ2v) is 9.23. The minimum absolute atomic E-state index is 0.234. The number of hydrogen-bond acceptors (Lipinski definition) is 5. The Labute approximate surface area is 158 Å². The van der Waals surface area contributed by atoms with E-state index in [1.807, 2.05) is 20.8 Å². The Kier molecular flexibility index (Phi) is 6.62. The van der Waals surface area contributed by atoms with Gasteiger partial charge in [0.2, 0.25) is 11.7 Å². The molecule has 154 valence electrons. The van der Waals surface area contributed by atoms with Gasteiger partial charge in [0.25, 0.3) is 5.91 Å². The topological polar surface area (TPSA) is 128 Å². The van der Waals surface area contributed by atoms with E-state index in [1.54, 1.807) is 20.8 Å². The molecule has 0 aromatic rings. The zero-order valence-electron chi connectivity index (χ0n) is 16.8. The number of ether oxygens (including phenoxy) is 1. The summed E-state index contributed by atoms with van der Waals surface area (Å²) in [5.41, 5.74) is 2.26. The molecule has 1 rings (SSSR count). The van der Waals surface area contributed by atoms with Crippen molar-refractivity contribution in [1.29, 1.82) is 0 Å². The maximum atomic E-state index is 13.4. The number of amides is 3. The zero-order valence-corrected chi connectivity index (χ0v) is 16.8. The summed E-state index contributed by atoms with van der Waals surface area (Å²) in [6.45, 7) is 10.7. The molecule has 27 heavy (non-hydrogen) atoms. The lowest BCUT2D eigenvalue weighted by Crippen LogP contribution is -2.68. The average Bonchev–Trinajstić information content (AvgIpc) is 2.39. The Hall–Kier alpha value is -2.19. The number of primary amides is 1. The first-order valence-electron chi connectivity index (χ1n) is 8.84. The Balaban J connectivity index is 2.97. The molecule has 8 nitrogen and oxygen atoms in total. The predicted octanol–water partition coefficient (Wildman–Crippen LogP) is 1.36. The number of nitrogens with two attached hydrogens (primary N) is 1. The first-order valence-corrected chi connectivity index (χ1v) is 8.84. The van der Waals surface area contributed by atoms with Gasteiger partial charge in [0, 0.05) is 12.8 Å². The minimum Gasteiger partial charge on any atom is -0.444 e. The van der Waals surface area contributed by atoms with Gasteiger partial charge in [0.1, 0.15) is 23.4 Å². The second kappa shape index (κ2) is 7.82. The molecule has 1 saturated carbocycles. The van der Waals surface area contributed by atoms with Crippen molar-refractivity contribution in [3.05, 3.63) is 0 Å². The highest BCUT2D eigenvalue weighted by Crippen LogP contribution is 2.36. The molecule has 1 aliphatic carbocycles. The largest absolute Gasteiger partial charge is 0.444 e. The van der Waals surface area contributed by atoms with E-state index in [9.17, 15) is 23.6 Å². The summed E-state index contributed by atoms with van der Waals surface area (Å²) in [6, 6.07) is -1.03. The lowest BCUT2D eigenvalue weighted by Gasteiger charge is -2.43. The molecule has 1 aliphatic rings. The van der Waals surface area contributed by atoms with Crippen molar-refractivity contribution in [2.24, 2.45) is 11.1 Å². The molecule has 3 amide bonds. The van der Waals surface area contributed by atoms with Crippen LogP contribution in [0.5, 0.6) is 0 Å². The third-order valence-electron chi connectivity index (χ3n) is 3.98. The molecule has 1 unspecified atom stereocenters. The van der Waals surface area contributed by atoms with Crippen molar-refractivity contribution < 1.29 is 28.3 Å². The molecule has 0 aliphatic heterocycles. The van der Waals surface area contributed by atoms with Gasteiger partial charge in [-0.15, -0.1) is 0 Å². The van der Waals surface area contributed by atoms with E-state index in [1.165, 1.54) is 0 Å². The number of hydrogen-bond donors (Lipinski definition) is 3. The third kappa shape index (κ3) is 6.80. The molecule has 1 fully saturated rings. The summed E-state index contributed by atoms with van der Waals surface area (Å²) in [6.07, 6.45) is -2.52. The van der Waals surface area contributed by atoms with E-state index in [2.05, 4.69) is 10.6 Å². The number of alkyl carbamates (subject to hydrolysis) is 1. The molecule has 1 atom stereocenters. The zero-order chi connectivity index (χ0) is 21.2. The SMILES string of the molecule is CC(C)(C)CC(NC(=O)OC(C)(C)C)C(=O)NC1(C(=O)C(N)=O)CC(F)C1. The van der Waals surface area contributed by atoms with Crippen molar-refractivity contribution >= 4 is 23.7 Å². The lowest BCUT2D eigenvalue weighted by molar-refractivity contribution is -0.147. The monoisotopic (exact) mass is 387 g/mol. The normalized spacial score (nSPS) is 23.6. The van der Waals surface area contributed by atoms with Crippen molar-refractivity contribution in [2.45, 2.75) is 84.2 Å². The van der Waals surface area contributed by atoms with E-state index in [-0.39, 0.29) is 24.7 Å². The molecule has 0 aromatic carbocycles. The van der Waals surface area contributed by atoms with Gasteiger partial charge < -0.3 is 21.1 Å². The highest BCUT2D eigenvalue weighted by atomic mass is 19.1. The summed E-state index contributed by atoms with van der Waals surface area (Å²) in [5, 5.41) is 4.92. The summed E-state index contributed by atoms with van der Waals surface area (Å²) >= 11 is 0. The summed E-state index contributed by atoms with van der Waals surface area (Å²) < 4.78 is 18.6.